The summed E-state index contributed by atoms with van der Waals surface area (Å²) >= 11 is 0. The third-order valence-electron chi connectivity index (χ3n) is 9.63. The molecule has 0 saturated carbocycles. The Labute approximate surface area is 288 Å². The normalized spacial score (nSPS) is 11.1. The van der Waals surface area contributed by atoms with Crippen molar-refractivity contribution >= 4 is 49.3 Å². The summed E-state index contributed by atoms with van der Waals surface area (Å²) in [5.74, 6) is 0. The molecule has 0 amide bonds. The molecule has 0 aliphatic rings. The predicted molar refractivity (Wildman–Crippen MR) is 202 cm³/mol. The fraction of sp³-hybridized carbons (Fsp3) is 0. The van der Waals surface area contributed by atoms with Crippen molar-refractivity contribution in [2.45, 2.75) is 0 Å². The van der Waals surface area contributed by atoms with Gasteiger partial charge in [-0.05, 0) is 76.9 Å². The van der Waals surface area contributed by atoms with Crippen LogP contribution in [0.4, 0.5) is 5.69 Å². The summed E-state index contributed by atoms with van der Waals surface area (Å²) in [5, 5.41) is 23.6. The third kappa shape index (κ3) is 4.24. The van der Waals surface area contributed by atoms with Crippen molar-refractivity contribution in [2.75, 3.05) is 0 Å². The standard InChI is InChI=1S/C45H25N5/c1-48-39-16-9-15-36(45(39)50-40-17-6-4-13-35(40)38-26-29(27-46)20-25-42(38)50)34-12-3-2-11-33(34)30-21-23-32(24-22-30)49-41-18-7-5-14-37(41)44-31(28-47)10-8-19-43(44)49/h2-26H. The molecule has 0 radical (unpaired) electrons. The van der Waals surface area contributed by atoms with Crippen molar-refractivity contribution in [1.82, 2.24) is 9.13 Å². The largest absolute Gasteiger partial charge is 0.318 e. The maximum Gasteiger partial charge on any atom is 0.211 e. The predicted octanol–water partition coefficient (Wildman–Crippen LogP) is 11.5. The van der Waals surface area contributed by atoms with E-state index in [0.29, 0.717) is 16.8 Å². The minimum atomic E-state index is 0.544. The Kier molecular flexibility index (Phi) is 6.56. The lowest BCUT2D eigenvalue weighted by molar-refractivity contribution is 1.18. The Morgan fingerprint density at radius 3 is 1.90 bits per heavy atom. The number of fused-ring (bicyclic) bond motifs is 6. The van der Waals surface area contributed by atoms with Crippen LogP contribution in [0.2, 0.25) is 0 Å². The maximum absolute atomic E-state index is 9.91. The van der Waals surface area contributed by atoms with Crippen LogP contribution in [-0.4, -0.2) is 9.13 Å². The topological polar surface area (TPSA) is 61.8 Å². The highest BCUT2D eigenvalue weighted by Crippen LogP contribution is 2.44. The van der Waals surface area contributed by atoms with Crippen LogP contribution in [0.1, 0.15) is 11.1 Å². The van der Waals surface area contributed by atoms with E-state index in [1.165, 1.54) is 0 Å². The Balaban J connectivity index is 1.24. The van der Waals surface area contributed by atoms with Gasteiger partial charge >= 0.3 is 0 Å². The van der Waals surface area contributed by atoms with Crippen LogP contribution in [0.3, 0.4) is 0 Å². The van der Waals surface area contributed by atoms with Crippen LogP contribution in [0, 0.1) is 29.2 Å². The molecule has 50 heavy (non-hydrogen) atoms. The first-order valence-corrected chi connectivity index (χ1v) is 16.3. The van der Waals surface area contributed by atoms with Crippen molar-refractivity contribution < 1.29 is 0 Å². The van der Waals surface area contributed by atoms with Gasteiger partial charge in [0.2, 0.25) is 5.69 Å². The van der Waals surface area contributed by atoms with Gasteiger partial charge in [0.1, 0.15) is 0 Å². The molecule has 0 saturated heterocycles. The summed E-state index contributed by atoms with van der Waals surface area (Å²) < 4.78 is 4.39. The first-order chi connectivity index (χ1) is 24.7. The fourth-order valence-electron chi connectivity index (χ4n) is 7.51. The van der Waals surface area contributed by atoms with Crippen LogP contribution >= 0.6 is 0 Å². The van der Waals surface area contributed by atoms with Crippen molar-refractivity contribution in [3.05, 3.63) is 174 Å². The van der Waals surface area contributed by atoms with E-state index in [2.05, 4.69) is 98.9 Å². The molecule has 2 aromatic heterocycles. The second kappa shape index (κ2) is 11.4. The van der Waals surface area contributed by atoms with Gasteiger partial charge < -0.3 is 9.13 Å². The van der Waals surface area contributed by atoms with E-state index < -0.39 is 0 Å². The highest BCUT2D eigenvalue weighted by molar-refractivity contribution is 6.12. The van der Waals surface area contributed by atoms with Gasteiger partial charge in [0, 0.05) is 27.2 Å². The highest BCUT2D eigenvalue weighted by atomic mass is 15.0. The fourth-order valence-corrected chi connectivity index (χ4v) is 7.51. The molecule has 7 aromatic carbocycles. The molecule has 0 aliphatic heterocycles. The molecule has 0 fully saturated rings. The zero-order valence-corrected chi connectivity index (χ0v) is 26.7. The molecular formula is C45H25N5. The molecule has 0 spiro atoms. The highest BCUT2D eigenvalue weighted by Gasteiger charge is 2.21. The van der Waals surface area contributed by atoms with Crippen molar-refractivity contribution in [3.63, 3.8) is 0 Å². The molecule has 9 aromatic rings. The van der Waals surface area contributed by atoms with Gasteiger partial charge in [-0.15, -0.1) is 0 Å². The Hall–Kier alpha value is -7.39. The van der Waals surface area contributed by atoms with E-state index in [1.54, 1.807) is 0 Å². The van der Waals surface area contributed by atoms with Crippen molar-refractivity contribution in [3.8, 4) is 45.8 Å². The van der Waals surface area contributed by atoms with Gasteiger partial charge in [-0.25, -0.2) is 4.85 Å². The number of benzene rings is 7. The van der Waals surface area contributed by atoms with Gasteiger partial charge in [0.25, 0.3) is 0 Å². The van der Waals surface area contributed by atoms with E-state index in [4.69, 9.17) is 6.57 Å². The van der Waals surface area contributed by atoms with E-state index in [0.717, 1.165) is 77.2 Å². The zero-order valence-electron chi connectivity index (χ0n) is 26.7. The molecule has 0 aliphatic carbocycles. The molecule has 0 unspecified atom stereocenters. The van der Waals surface area contributed by atoms with Crippen molar-refractivity contribution in [2.24, 2.45) is 0 Å². The second-order valence-electron chi connectivity index (χ2n) is 12.2. The number of rotatable bonds is 4. The van der Waals surface area contributed by atoms with E-state index in [1.807, 2.05) is 78.9 Å². The van der Waals surface area contributed by atoms with Gasteiger partial charge in [0.05, 0.1) is 57.6 Å². The van der Waals surface area contributed by atoms with E-state index in [9.17, 15) is 10.5 Å². The lowest BCUT2D eigenvalue weighted by Gasteiger charge is -2.19. The van der Waals surface area contributed by atoms with Crippen molar-refractivity contribution in [1.29, 1.82) is 10.5 Å². The lowest BCUT2D eigenvalue weighted by Crippen LogP contribution is -1.99. The van der Waals surface area contributed by atoms with E-state index >= 15 is 0 Å². The molecule has 2 heterocycles. The zero-order chi connectivity index (χ0) is 33.8. The Morgan fingerprint density at radius 1 is 0.500 bits per heavy atom. The van der Waals surface area contributed by atoms with Gasteiger partial charge in [-0.1, -0.05) is 97.1 Å². The Bertz CT molecular complexity index is 2960. The van der Waals surface area contributed by atoms with Crippen LogP contribution in [0.5, 0.6) is 0 Å². The van der Waals surface area contributed by atoms with Crippen LogP contribution in [0.25, 0.3) is 82.1 Å². The number of hydrogen-bond acceptors (Lipinski definition) is 2. The average Bonchev–Trinajstić information content (AvgIpc) is 3.70. The minimum Gasteiger partial charge on any atom is -0.318 e. The Morgan fingerprint density at radius 2 is 1.14 bits per heavy atom. The average molecular weight is 636 g/mol. The molecular weight excluding hydrogens is 611 g/mol. The van der Waals surface area contributed by atoms with Gasteiger partial charge in [-0.3, -0.25) is 0 Å². The SMILES string of the molecule is [C-]#[N+]c1cccc(-c2ccccc2-c2ccc(-n3c4ccccc4c4c(C#N)cccc43)cc2)c1-n1c2ccccc2c2cc(C#N)ccc21. The van der Waals surface area contributed by atoms with Crippen LogP contribution in [0.15, 0.2) is 152 Å². The minimum absolute atomic E-state index is 0.544. The molecule has 9 rings (SSSR count). The number of nitriles is 2. The van der Waals surface area contributed by atoms with Crippen LogP contribution in [-0.2, 0) is 0 Å². The summed E-state index contributed by atoms with van der Waals surface area (Å²) in [4.78, 5) is 4.02. The number of aromatic nitrogens is 2. The summed E-state index contributed by atoms with van der Waals surface area (Å²) in [7, 11) is 0. The molecule has 5 nitrogen and oxygen atoms in total. The monoisotopic (exact) mass is 635 g/mol. The first kappa shape index (κ1) is 28.8. The molecule has 5 heteroatoms. The lowest BCUT2D eigenvalue weighted by atomic mass is 9.93. The second-order valence-corrected chi connectivity index (χ2v) is 12.2. The smallest absolute Gasteiger partial charge is 0.211 e. The molecule has 0 atom stereocenters. The molecule has 0 bridgehead atoms. The van der Waals surface area contributed by atoms with Gasteiger partial charge in [0.15, 0.2) is 0 Å². The number of nitrogens with zero attached hydrogens (tertiary/aromatic N) is 5. The number of hydrogen-bond donors (Lipinski definition) is 0. The summed E-state index contributed by atoms with van der Waals surface area (Å²) in [6.07, 6.45) is 0. The molecule has 230 valence electrons. The number of para-hydroxylation sites is 3. The molecule has 0 N–H and O–H groups in total. The van der Waals surface area contributed by atoms with E-state index in [-0.39, 0.29) is 0 Å². The first-order valence-electron chi connectivity index (χ1n) is 16.3. The third-order valence-corrected chi connectivity index (χ3v) is 9.63. The van der Waals surface area contributed by atoms with Crippen LogP contribution < -0.4 is 0 Å². The maximum atomic E-state index is 9.91. The quantitative estimate of drug-likeness (QED) is 0.181. The van der Waals surface area contributed by atoms with Gasteiger partial charge in [-0.2, -0.15) is 10.5 Å². The summed E-state index contributed by atoms with van der Waals surface area (Å²) in [5.41, 5.74) is 11.6. The summed E-state index contributed by atoms with van der Waals surface area (Å²) in [6, 6.07) is 55.5. The summed E-state index contributed by atoms with van der Waals surface area (Å²) in [6.45, 7) is 8.22.